The fraction of sp³-hybridized carbons (Fsp3) is 0.364. The van der Waals surface area contributed by atoms with E-state index in [9.17, 15) is 13.2 Å². The standard InChI is InChI=1S/C11H13ClO4S/c12-10-5-2-1-4-9(10)8-17(15,16)7-3-6-11(13)14/h1-2,4-5H,3,6-8H2,(H,13,14). The van der Waals surface area contributed by atoms with Gasteiger partial charge in [0, 0.05) is 11.4 Å². The molecule has 0 aliphatic carbocycles. The van der Waals surface area contributed by atoms with Crippen molar-refractivity contribution in [3.63, 3.8) is 0 Å². The van der Waals surface area contributed by atoms with E-state index in [-0.39, 0.29) is 24.3 Å². The molecule has 4 nitrogen and oxygen atoms in total. The van der Waals surface area contributed by atoms with Crippen LogP contribution in [-0.4, -0.2) is 25.2 Å². The third-order valence-electron chi connectivity index (χ3n) is 2.18. The number of hydrogen-bond donors (Lipinski definition) is 1. The lowest BCUT2D eigenvalue weighted by Crippen LogP contribution is -2.11. The molecule has 0 saturated carbocycles. The van der Waals surface area contributed by atoms with Crippen LogP contribution in [0, 0.1) is 0 Å². The molecule has 0 spiro atoms. The lowest BCUT2D eigenvalue weighted by atomic mass is 10.2. The van der Waals surface area contributed by atoms with E-state index < -0.39 is 15.8 Å². The van der Waals surface area contributed by atoms with Crippen LogP contribution in [-0.2, 0) is 20.4 Å². The monoisotopic (exact) mass is 276 g/mol. The van der Waals surface area contributed by atoms with Crippen molar-refractivity contribution in [3.05, 3.63) is 34.9 Å². The Kier molecular flexibility index (Phi) is 4.96. The number of carboxylic acids is 1. The summed E-state index contributed by atoms with van der Waals surface area (Å²) in [7, 11) is -3.30. The predicted molar refractivity (Wildman–Crippen MR) is 65.8 cm³/mol. The van der Waals surface area contributed by atoms with E-state index in [2.05, 4.69) is 0 Å². The van der Waals surface area contributed by atoms with Crippen molar-refractivity contribution >= 4 is 27.4 Å². The fourth-order valence-corrected chi connectivity index (χ4v) is 3.10. The van der Waals surface area contributed by atoms with Crippen molar-refractivity contribution in [2.45, 2.75) is 18.6 Å². The van der Waals surface area contributed by atoms with E-state index >= 15 is 0 Å². The van der Waals surface area contributed by atoms with Gasteiger partial charge in [0.15, 0.2) is 9.84 Å². The quantitative estimate of drug-likeness (QED) is 0.864. The summed E-state index contributed by atoms with van der Waals surface area (Å²) in [4.78, 5) is 10.3. The van der Waals surface area contributed by atoms with Crippen LogP contribution in [0.3, 0.4) is 0 Å². The van der Waals surface area contributed by atoms with Crippen molar-refractivity contribution in [2.24, 2.45) is 0 Å². The molecule has 6 heteroatoms. The van der Waals surface area contributed by atoms with Crippen LogP contribution in [0.5, 0.6) is 0 Å². The minimum Gasteiger partial charge on any atom is -0.481 e. The van der Waals surface area contributed by atoms with E-state index in [4.69, 9.17) is 16.7 Å². The molecule has 0 saturated heterocycles. The van der Waals surface area contributed by atoms with Crippen LogP contribution in [0.25, 0.3) is 0 Å². The summed E-state index contributed by atoms with van der Waals surface area (Å²) in [5, 5.41) is 8.84. The minimum atomic E-state index is -3.30. The Bertz CT molecular complexity index is 496. The molecule has 0 radical (unpaired) electrons. The van der Waals surface area contributed by atoms with Crippen LogP contribution in [0.4, 0.5) is 0 Å². The van der Waals surface area contributed by atoms with Gasteiger partial charge in [-0.2, -0.15) is 0 Å². The molecule has 0 aromatic heterocycles. The van der Waals surface area contributed by atoms with Crippen LogP contribution >= 0.6 is 11.6 Å². The molecule has 1 N–H and O–H groups in total. The second-order valence-electron chi connectivity index (χ2n) is 3.68. The zero-order valence-electron chi connectivity index (χ0n) is 9.10. The summed E-state index contributed by atoms with van der Waals surface area (Å²) in [6.45, 7) is 0. The predicted octanol–water partition coefficient (Wildman–Crippen LogP) is 2.12. The summed E-state index contributed by atoms with van der Waals surface area (Å²) in [6, 6.07) is 6.72. The van der Waals surface area contributed by atoms with Crippen molar-refractivity contribution < 1.29 is 18.3 Å². The van der Waals surface area contributed by atoms with Crippen molar-refractivity contribution in [3.8, 4) is 0 Å². The van der Waals surface area contributed by atoms with Gasteiger partial charge in [0.2, 0.25) is 0 Å². The van der Waals surface area contributed by atoms with Gasteiger partial charge in [0.05, 0.1) is 11.5 Å². The Morgan fingerprint density at radius 2 is 1.94 bits per heavy atom. The number of halogens is 1. The highest BCUT2D eigenvalue weighted by atomic mass is 35.5. The van der Waals surface area contributed by atoms with Gasteiger partial charge in [-0.05, 0) is 18.1 Å². The first-order valence-corrected chi connectivity index (χ1v) is 7.26. The molecule has 0 amide bonds. The average molecular weight is 277 g/mol. The number of sulfone groups is 1. The summed E-state index contributed by atoms with van der Waals surface area (Å²) < 4.78 is 23.4. The van der Waals surface area contributed by atoms with E-state index in [1.807, 2.05) is 0 Å². The van der Waals surface area contributed by atoms with Crippen molar-refractivity contribution in [1.82, 2.24) is 0 Å². The zero-order chi connectivity index (χ0) is 12.9. The van der Waals surface area contributed by atoms with Crippen molar-refractivity contribution in [1.29, 1.82) is 0 Å². The van der Waals surface area contributed by atoms with Crippen molar-refractivity contribution in [2.75, 3.05) is 5.75 Å². The van der Waals surface area contributed by atoms with Gasteiger partial charge in [-0.3, -0.25) is 4.79 Å². The van der Waals surface area contributed by atoms with Crippen LogP contribution < -0.4 is 0 Å². The van der Waals surface area contributed by atoms with E-state index in [1.165, 1.54) is 0 Å². The Balaban J connectivity index is 2.61. The maximum Gasteiger partial charge on any atom is 0.303 e. The molecule has 1 aromatic rings. The molecule has 1 rings (SSSR count). The topological polar surface area (TPSA) is 71.4 Å². The third-order valence-corrected chi connectivity index (χ3v) is 4.21. The Hall–Kier alpha value is -1.07. The van der Waals surface area contributed by atoms with Gasteiger partial charge in [-0.1, -0.05) is 29.8 Å². The van der Waals surface area contributed by atoms with Gasteiger partial charge in [-0.25, -0.2) is 8.42 Å². The Morgan fingerprint density at radius 3 is 2.53 bits per heavy atom. The summed E-state index contributed by atoms with van der Waals surface area (Å²) in [5.74, 6) is -1.27. The van der Waals surface area contributed by atoms with Crippen LogP contribution in [0.1, 0.15) is 18.4 Å². The SMILES string of the molecule is O=C(O)CCCS(=O)(=O)Cc1ccccc1Cl. The minimum absolute atomic E-state index is 0.127. The lowest BCUT2D eigenvalue weighted by Gasteiger charge is -2.05. The first-order valence-electron chi connectivity index (χ1n) is 5.06. The smallest absolute Gasteiger partial charge is 0.303 e. The van der Waals surface area contributed by atoms with Crippen LogP contribution in [0.15, 0.2) is 24.3 Å². The normalized spacial score (nSPS) is 11.4. The zero-order valence-corrected chi connectivity index (χ0v) is 10.7. The average Bonchev–Trinajstić information content (AvgIpc) is 2.20. The Labute approximate surface area is 105 Å². The molecular weight excluding hydrogens is 264 g/mol. The van der Waals surface area contributed by atoms with Gasteiger partial charge < -0.3 is 5.11 Å². The first kappa shape index (κ1) is 14.0. The molecule has 0 fully saturated rings. The maximum absolute atomic E-state index is 11.7. The number of carboxylic acid groups (broad SMARTS) is 1. The van der Waals surface area contributed by atoms with E-state index in [1.54, 1.807) is 24.3 Å². The highest BCUT2D eigenvalue weighted by Crippen LogP contribution is 2.18. The van der Waals surface area contributed by atoms with E-state index in [0.717, 1.165) is 0 Å². The molecule has 0 unspecified atom stereocenters. The molecule has 0 aliphatic heterocycles. The number of aliphatic carboxylic acids is 1. The second-order valence-corrected chi connectivity index (χ2v) is 6.27. The third kappa shape index (κ3) is 5.19. The number of carbonyl (C=O) groups is 1. The molecular formula is C11H13ClO4S. The lowest BCUT2D eigenvalue weighted by molar-refractivity contribution is -0.137. The molecule has 0 aliphatic rings. The van der Waals surface area contributed by atoms with Gasteiger partial charge in [-0.15, -0.1) is 0 Å². The number of benzene rings is 1. The second kappa shape index (κ2) is 6.02. The summed E-state index contributed by atoms with van der Waals surface area (Å²) >= 11 is 5.86. The molecule has 1 aromatic carbocycles. The molecule has 0 heterocycles. The first-order chi connectivity index (χ1) is 7.91. The van der Waals surface area contributed by atoms with Gasteiger partial charge in [0.25, 0.3) is 0 Å². The number of rotatable bonds is 6. The highest BCUT2D eigenvalue weighted by molar-refractivity contribution is 7.90. The molecule has 94 valence electrons. The Morgan fingerprint density at radius 1 is 1.29 bits per heavy atom. The largest absolute Gasteiger partial charge is 0.481 e. The maximum atomic E-state index is 11.7. The summed E-state index contributed by atoms with van der Waals surface area (Å²) in [5.41, 5.74) is 0.546. The fourth-order valence-electron chi connectivity index (χ4n) is 1.37. The van der Waals surface area contributed by atoms with Gasteiger partial charge >= 0.3 is 5.97 Å². The number of hydrogen-bond acceptors (Lipinski definition) is 3. The summed E-state index contributed by atoms with van der Waals surface area (Å²) in [6.07, 6.45) is -0.0100. The van der Waals surface area contributed by atoms with E-state index in [0.29, 0.717) is 10.6 Å². The van der Waals surface area contributed by atoms with Gasteiger partial charge in [0.1, 0.15) is 0 Å². The van der Waals surface area contributed by atoms with Crippen LogP contribution in [0.2, 0.25) is 5.02 Å². The highest BCUT2D eigenvalue weighted by Gasteiger charge is 2.14. The molecule has 0 bridgehead atoms. The molecule has 0 atom stereocenters. The molecule has 17 heavy (non-hydrogen) atoms.